The molecule has 2 saturated heterocycles. The number of likely N-dealkylation sites (tertiary alicyclic amines) is 1. The average molecular weight is 226 g/mol. The molecule has 2 rings (SSSR count). The molecular weight excluding hydrogens is 208 g/mol. The van der Waals surface area contributed by atoms with E-state index >= 15 is 0 Å². The molecule has 2 aliphatic rings. The molecule has 0 saturated carbocycles. The molecule has 0 aromatic rings. The third-order valence-corrected chi connectivity index (χ3v) is 3.44. The van der Waals surface area contributed by atoms with Gasteiger partial charge in [0.15, 0.2) is 0 Å². The van der Waals surface area contributed by atoms with E-state index in [9.17, 15) is 9.59 Å². The molecule has 5 heteroatoms. The summed E-state index contributed by atoms with van der Waals surface area (Å²) in [7, 11) is 1.87. The van der Waals surface area contributed by atoms with Gasteiger partial charge in [-0.1, -0.05) is 0 Å². The lowest BCUT2D eigenvalue weighted by Gasteiger charge is -2.26. The van der Waals surface area contributed by atoms with E-state index in [4.69, 9.17) is 4.74 Å². The monoisotopic (exact) mass is 226 g/mol. The molecule has 2 amide bonds. The van der Waals surface area contributed by atoms with Crippen molar-refractivity contribution < 1.29 is 14.3 Å². The summed E-state index contributed by atoms with van der Waals surface area (Å²) in [5, 5.41) is 3.19. The van der Waals surface area contributed by atoms with Crippen molar-refractivity contribution in [1.29, 1.82) is 0 Å². The van der Waals surface area contributed by atoms with Gasteiger partial charge in [-0.3, -0.25) is 14.5 Å². The number of nitrogens with zero attached hydrogens (tertiary/aromatic N) is 1. The Hall–Kier alpha value is -0.940. The van der Waals surface area contributed by atoms with Gasteiger partial charge in [0.2, 0.25) is 11.8 Å². The number of hydrogen-bond acceptors (Lipinski definition) is 4. The number of hydrogen-bond donors (Lipinski definition) is 1. The van der Waals surface area contributed by atoms with Crippen LogP contribution in [0, 0.1) is 5.92 Å². The molecule has 0 bridgehead atoms. The molecule has 0 aromatic heterocycles. The van der Waals surface area contributed by atoms with Crippen LogP contribution in [0.15, 0.2) is 0 Å². The van der Waals surface area contributed by atoms with Gasteiger partial charge >= 0.3 is 0 Å². The van der Waals surface area contributed by atoms with Crippen LogP contribution in [-0.4, -0.2) is 49.6 Å². The normalized spacial score (nSPS) is 27.8. The van der Waals surface area contributed by atoms with Crippen LogP contribution in [0.4, 0.5) is 0 Å². The molecule has 16 heavy (non-hydrogen) atoms. The summed E-state index contributed by atoms with van der Waals surface area (Å²) in [5.41, 5.74) is 0. The number of nitrogens with one attached hydrogen (secondary N) is 1. The minimum absolute atomic E-state index is 0.0378. The third kappa shape index (κ3) is 2.25. The summed E-state index contributed by atoms with van der Waals surface area (Å²) < 4.78 is 5.33. The van der Waals surface area contributed by atoms with E-state index in [0.717, 1.165) is 19.6 Å². The van der Waals surface area contributed by atoms with E-state index in [1.165, 1.54) is 4.90 Å². The summed E-state index contributed by atoms with van der Waals surface area (Å²) in [6.45, 7) is 1.99. The Morgan fingerprint density at radius 3 is 2.62 bits per heavy atom. The maximum atomic E-state index is 11.5. The van der Waals surface area contributed by atoms with E-state index in [-0.39, 0.29) is 17.9 Å². The molecule has 0 spiro atoms. The molecule has 2 unspecified atom stereocenters. The second kappa shape index (κ2) is 4.93. The van der Waals surface area contributed by atoms with E-state index in [2.05, 4.69) is 5.32 Å². The molecule has 5 nitrogen and oxygen atoms in total. The standard InChI is InChI=1S/C11H18N2O3/c1-12-9(8-4-5-16-7-8)6-13-10(14)2-3-11(13)15/h8-9,12H,2-7H2,1H3. The first-order chi connectivity index (χ1) is 7.72. The molecule has 2 heterocycles. The highest BCUT2D eigenvalue weighted by Gasteiger charge is 2.33. The number of carbonyl (C=O) groups is 2. The first-order valence-corrected chi connectivity index (χ1v) is 5.80. The second-order valence-electron chi connectivity index (χ2n) is 4.42. The van der Waals surface area contributed by atoms with Gasteiger partial charge in [0.1, 0.15) is 0 Å². The maximum Gasteiger partial charge on any atom is 0.229 e. The van der Waals surface area contributed by atoms with Gasteiger partial charge in [0.25, 0.3) is 0 Å². The fraction of sp³-hybridized carbons (Fsp3) is 0.818. The van der Waals surface area contributed by atoms with Crippen molar-refractivity contribution in [2.75, 3.05) is 26.8 Å². The zero-order valence-corrected chi connectivity index (χ0v) is 9.57. The largest absolute Gasteiger partial charge is 0.381 e. The molecular formula is C11H18N2O3. The van der Waals surface area contributed by atoms with Crippen LogP contribution < -0.4 is 5.32 Å². The summed E-state index contributed by atoms with van der Waals surface area (Å²) in [5.74, 6) is 0.333. The van der Waals surface area contributed by atoms with Crippen LogP contribution in [0.25, 0.3) is 0 Å². The van der Waals surface area contributed by atoms with Crippen molar-refractivity contribution in [3.63, 3.8) is 0 Å². The van der Waals surface area contributed by atoms with E-state index in [1.807, 2.05) is 7.05 Å². The topological polar surface area (TPSA) is 58.6 Å². The van der Waals surface area contributed by atoms with Crippen LogP contribution in [0.1, 0.15) is 19.3 Å². The van der Waals surface area contributed by atoms with Gasteiger partial charge in [-0.2, -0.15) is 0 Å². The number of ether oxygens (including phenoxy) is 1. The van der Waals surface area contributed by atoms with Crippen molar-refractivity contribution >= 4 is 11.8 Å². The second-order valence-corrected chi connectivity index (χ2v) is 4.42. The third-order valence-electron chi connectivity index (χ3n) is 3.44. The molecule has 0 aliphatic carbocycles. The average Bonchev–Trinajstić information content (AvgIpc) is 2.89. The van der Waals surface area contributed by atoms with Crippen LogP contribution in [0.5, 0.6) is 0 Å². The van der Waals surface area contributed by atoms with Crippen molar-refractivity contribution in [1.82, 2.24) is 10.2 Å². The number of rotatable bonds is 4. The SMILES string of the molecule is CNC(CN1C(=O)CCC1=O)C1CCOC1. The smallest absolute Gasteiger partial charge is 0.229 e. The quantitative estimate of drug-likeness (QED) is 0.672. The predicted molar refractivity (Wildman–Crippen MR) is 57.7 cm³/mol. The van der Waals surface area contributed by atoms with Crippen molar-refractivity contribution in [2.24, 2.45) is 5.92 Å². The minimum Gasteiger partial charge on any atom is -0.381 e. The lowest BCUT2D eigenvalue weighted by Crippen LogP contribution is -2.46. The highest BCUT2D eigenvalue weighted by molar-refractivity contribution is 6.01. The minimum atomic E-state index is -0.0378. The Bertz CT molecular complexity index is 271. The van der Waals surface area contributed by atoms with Gasteiger partial charge in [0, 0.05) is 38.0 Å². The van der Waals surface area contributed by atoms with Gasteiger partial charge in [-0.15, -0.1) is 0 Å². The Labute approximate surface area is 95.1 Å². The zero-order valence-electron chi connectivity index (χ0n) is 9.57. The van der Waals surface area contributed by atoms with Gasteiger partial charge in [-0.05, 0) is 13.5 Å². The van der Waals surface area contributed by atoms with E-state index in [1.54, 1.807) is 0 Å². The zero-order chi connectivity index (χ0) is 11.5. The number of carbonyl (C=O) groups excluding carboxylic acids is 2. The highest BCUT2D eigenvalue weighted by atomic mass is 16.5. The van der Waals surface area contributed by atoms with Crippen LogP contribution in [0.3, 0.4) is 0 Å². The van der Waals surface area contributed by atoms with Crippen molar-refractivity contribution in [3.8, 4) is 0 Å². The summed E-state index contributed by atoms with van der Waals surface area (Å²) in [4.78, 5) is 24.4. The number of imide groups is 1. The Balaban J connectivity index is 1.95. The number of likely N-dealkylation sites (N-methyl/N-ethyl adjacent to an activating group) is 1. The van der Waals surface area contributed by atoms with Gasteiger partial charge in [0.05, 0.1) is 6.61 Å². The summed E-state index contributed by atoms with van der Waals surface area (Å²) >= 11 is 0. The fourth-order valence-corrected chi connectivity index (χ4v) is 2.37. The predicted octanol–water partition coefficient (Wildman–Crippen LogP) is -0.240. The van der Waals surface area contributed by atoms with E-state index < -0.39 is 0 Å². The molecule has 2 fully saturated rings. The number of amides is 2. The van der Waals surface area contributed by atoms with E-state index in [0.29, 0.717) is 25.3 Å². The molecule has 0 aromatic carbocycles. The van der Waals surface area contributed by atoms with Gasteiger partial charge in [-0.25, -0.2) is 0 Å². The van der Waals surface area contributed by atoms with Crippen LogP contribution >= 0.6 is 0 Å². The van der Waals surface area contributed by atoms with Crippen LogP contribution in [-0.2, 0) is 14.3 Å². The first kappa shape index (κ1) is 11.5. The maximum absolute atomic E-state index is 11.5. The Morgan fingerprint density at radius 2 is 2.12 bits per heavy atom. The molecule has 2 atom stereocenters. The Kier molecular flexibility index (Phi) is 3.56. The molecule has 0 radical (unpaired) electrons. The first-order valence-electron chi connectivity index (χ1n) is 5.80. The van der Waals surface area contributed by atoms with Gasteiger partial charge < -0.3 is 10.1 Å². The molecule has 2 aliphatic heterocycles. The Morgan fingerprint density at radius 1 is 1.44 bits per heavy atom. The fourth-order valence-electron chi connectivity index (χ4n) is 2.37. The summed E-state index contributed by atoms with van der Waals surface area (Å²) in [6.07, 6.45) is 1.74. The van der Waals surface area contributed by atoms with Crippen molar-refractivity contribution in [3.05, 3.63) is 0 Å². The summed E-state index contributed by atoms with van der Waals surface area (Å²) in [6, 6.07) is 0.161. The lowest BCUT2D eigenvalue weighted by atomic mass is 9.99. The molecule has 90 valence electrons. The van der Waals surface area contributed by atoms with Crippen molar-refractivity contribution in [2.45, 2.75) is 25.3 Å². The van der Waals surface area contributed by atoms with Crippen LogP contribution in [0.2, 0.25) is 0 Å². The molecule has 1 N–H and O–H groups in total. The highest BCUT2D eigenvalue weighted by Crippen LogP contribution is 2.20. The lowest BCUT2D eigenvalue weighted by molar-refractivity contribution is -0.138.